The molecule has 0 aliphatic heterocycles. The van der Waals surface area contributed by atoms with Crippen LogP contribution in [0.3, 0.4) is 0 Å². The van der Waals surface area contributed by atoms with Gasteiger partial charge in [-0.25, -0.2) is 0 Å². The zero-order valence-corrected chi connectivity index (χ0v) is 10.2. The topological polar surface area (TPSA) is 60.9 Å². The van der Waals surface area contributed by atoms with Crippen LogP contribution >= 0.6 is 15.9 Å². The van der Waals surface area contributed by atoms with E-state index in [4.69, 9.17) is 5.73 Å². The number of aryl methyl sites for hydroxylation is 1. The van der Waals surface area contributed by atoms with E-state index in [0.29, 0.717) is 10.2 Å². The van der Waals surface area contributed by atoms with Crippen LogP contribution in [0.2, 0.25) is 0 Å². The predicted octanol–water partition coefficient (Wildman–Crippen LogP) is 1.89. The monoisotopic (exact) mass is 279 g/mol. The second-order valence-corrected chi connectivity index (χ2v) is 4.26. The lowest BCUT2D eigenvalue weighted by Crippen LogP contribution is -2.22. The molecule has 2 aromatic rings. The van der Waals surface area contributed by atoms with Crippen molar-refractivity contribution in [2.24, 2.45) is 0 Å². The maximum Gasteiger partial charge on any atom is 0.287 e. The summed E-state index contributed by atoms with van der Waals surface area (Å²) in [6.45, 7) is 1.96. The fourth-order valence-corrected chi connectivity index (χ4v) is 1.66. The molecule has 4 nitrogen and oxygen atoms in total. The summed E-state index contributed by atoms with van der Waals surface area (Å²) in [4.78, 5) is 11.9. The summed E-state index contributed by atoms with van der Waals surface area (Å²) >= 11 is 3.15. The van der Waals surface area contributed by atoms with E-state index in [1.54, 1.807) is 0 Å². The second kappa shape index (κ2) is 4.09. The van der Waals surface area contributed by atoms with Gasteiger partial charge in [-0.1, -0.05) is 12.1 Å². The average molecular weight is 280 g/mol. The molecule has 16 heavy (non-hydrogen) atoms. The van der Waals surface area contributed by atoms with Crippen molar-refractivity contribution in [3.8, 4) is 5.69 Å². The Hall–Kier alpha value is -1.62. The molecule has 0 aliphatic carbocycles. The van der Waals surface area contributed by atoms with E-state index in [2.05, 4.69) is 21.0 Å². The van der Waals surface area contributed by atoms with Gasteiger partial charge in [0.15, 0.2) is 0 Å². The lowest BCUT2D eigenvalue weighted by molar-refractivity contribution is 0.802. The number of halogens is 1. The molecule has 1 heterocycles. The Balaban J connectivity index is 2.66. The third-order valence-corrected chi connectivity index (χ3v) is 2.99. The highest BCUT2D eigenvalue weighted by Gasteiger charge is 2.07. The molecule has 0 spiro atoms. The van der Waals surface area contributed by atoms with Crippen molar-refractivity contribution in [1.29, 1.82) is 0 Å². The number of benzene rings is 1. The minimum absolute atomic E-state index is 0.259. The normalized spacial score (nSPS) is 10.4. The molecular formula is C11H10BrN3O. The first kappa shape index (κ1) is 10.9. The van der Waals surface area contributed by atoms with Crippen LogP contribution in [-0.2, 0) is 0 Å². The third-order valence-electron chi connectivity index (χ3n) is 2.19. The standard InChI is InChI=1S/C11H10BrN3O/c1-7-3-2-4-8(5-7)15-11(16)10(12)9(13)6-14-15/h2-6H,13H2,1H3. The van der Waals surface area contributed by atoms with Crippen LogP contribution < -0.4 is 11.3 Å². The van der Waals surface area contributed by atoms with Gasteiger partial charge in [-0.15, -0.1) is 0 Å². The van der Waals surface area contributed by atoms with Crippen molar-refractivity contribution in [3.63, 3.8) is 0 Å². The minimum atomic E-state index is -0.259. The van der Waals surface area contributed by atoms with Gasteiger partial charge in [0, 0.05) is 0 Å². The third kappa shape index (κ3) is 1.86. The molecule has 0 fully saturated rings. The zero-order valence-electron chi connectivity index (χ0n) is 8.64. The van der Waals surface area contributed by atoms with Crippen molar-refractivity contribution in [2.75, 3.05) is 5.73 Å². The first-order valence-electron chi connectivity index (χ1n) is 4.70. The highest BCUT2D eigenvalue weighted by Crippen LogP contribution is 2.13. The molecule has 2 rings (SSSR count). The van der Waals surface area contributed by atoms with E-state index < -0.39 is 0 Å². The molecule has 0 aliphatic rings. The van der Waals surface area contributed by atoms with E-state index in [1.807, 2.05) is 31.2 Å². The largest absolute Gasteiger partial charge is 0.396 e. The minimum Gasteiger partial charge on any atom is -0.396 e. The molecular weight excluding hydrogens is 270 g/mol. The molecule has 5 heteroatoms. The van der Waals surface area contributed by atoms with Gasteiger partial charge in [-0.2, -0.15) is 9.78 Å². The van der Waals surface area contributed by atoms with Crippen molar-refractivity contribution in [2.45, 2.75) is 6.92 Å². The Morgan fingerprint density at radius 3 is 2.88 bits per heavy atom. The summed E-state index contributed by atoms with van der Waals surface area (Å²) in [5, 5.41) is 4.00. The maximum absolute atomic E-state index is 11.9. The molecule has 0 atom stereocenters. The van der Waals surface area contributed by atoms with E-state index in [1.165, 1.54) is 10.9 Å². The molecule has 0 bridgehead atoms. The number of aromatic nitrogens is 2. The van der Waals surface area contributed by atoms with Crippen molar-refractivity contribution >= 4 is 21.6 Å². The molecule has 0 unspecified atom stereocenters. The van der Waals surface area contributed by atoms with Crippen LogP contribution in [0.1, 0.15) is 5.56 Å². The van der Waals surface area contributed by atoms with Gasteiger partial charge in [0.25, 0.3) is 5.56 Å². The Labute approximate surface area is 101 Å². The fourth-order valence-electron chi connectivity index (χ4n) is 1.39. The predicted molar refractivity (Wildman–Crippen MR) is 66.7 cm³/mol. The van der Waals surface area contributed by atoms with Gasteiger partial charge in [0.1, 0.15) is 4.47 Å². The summed E-state index contributed by atoms with van der Waals surface area (Å²) in [7, 11) is 0. The van der Waals surface area contributed by atoms with Crippen molar-refractivity contribution in [1.82, 2.24) is 9.78 Å². The van der Waals surface area contributed by atoms with Gasteiger partial charge in [0.2, 0.25) is 0 Å². The average Bonchev–Trinajstić information content (AvgIpc) is 2.26. The molecule has 1 aromatic heterocycles. The maximum atomic E-state index is 11.9. The van der Waals surface area contributed by atoms with Gasteiger partial charge in [-0.3, -0.25) is 4.79 Å². The SMILES string of the molecule is Cc1cccc(-n2ncc(N)c(Br)c2=O)c1. The summed E-state index contributed by atoms with van der Waals surface area (Å²) in [6.07, 6.45) is 1.45. The van der Waals surface area contributed by atoms with Crippen LogP contribution in [0.25, 0.3) is 5.69 Å². The lowest BCUT2D eigenvalue weighted by Gasteiger charge is -2.06. The highest BCUT2D eigenvalue weighted by molar-refractivity contribution is 9.10. The van der Waals surface area contributed by atoms with E-state index in [9.17, 15) is 4.79 Å². The summed E-state index contributed by atoms with van der Waals surface area (Å²) < 4.78 is 1.65. The summed E-state index contributed by atoms with van der Waals surface area (Å²) in [5.74, 6) is 0. The van der Waals surface area contributed by atoms with Gasteiger partial charge >= 0.3 is 0 Å². The Kier molecular flexibility index (Phi) is 2.78. The molecule has 0 saturated carbocycles. The van der Waals surface area contributed by atoms with Crippen LogP contribution in [-0.4, -0.2) is 9.78 Å². The van der Waals surface area contributed by atoms with Crippen LogP contribution in [0, 0.1) is 6.92 Å². The molecule has 0 amide bonds. The number of nitrogens with zero attached hydrogens (tertiary/aromatic N) is 2. The number of nitrogens with two attached hydrogens (primary N) is 1. The van der Waals surface area contributed by atoms with Crippen LogP contribution in [0.15, 0.2) is 39.7 Å². The zero-order chi connectivity index (χ0) is 11.7. The smallest absolute Gasteiger partial charge is 0.287 e. The second-order valence-electron chi connectivity index (χ2n) is 3.47. The molecule has 0 saturated heterocycles. The number of hydrogen-bond donors (Lipinski definition) is 1. The quantitative estimate of drug-likeness (QED) is 0.867. The number of anilines is 1. The van der Waals surface area contributed by atoms with Gasteiger partial charge < -0.3 is 5.73 Å². The molecule has 82 valence electrons. The molecule has 0 radical (unpaired) electrons. The number of nitrogen functional groups attached to an aromatic ring is 1. The Morgan fingerprint density at radius 1 is 1.44 bits per heavy atom. The number of hydrogen-bond acceptors (Lipinski definition) is 3. The van der Waals surface area contributed by atoms with Crippen molar-refractivity contribution in [3.05, 3.63) is 50.9 Å². The van der Waals surface area contributed by atoms with Crippen molar-refractivity contribution < 1.29 is 0 Å². The van der Waals surface area contributed by atoms with E-state index in [-0.39, 0.29) is 5.56 Å². The fraction of sp³-hybridized carbons (Fsp3) is 0.0909. The van der Waals surface area contributed by atoms with E-state index >= 15 is 0 Å². The number of rotatable bonds is 1. The lowest BCUT2D eigenvalue weighted by atomic mass is 10.2. The summed E-state index contributed by atoms with van der Waals surface area (Å²) in [5.41, 5.74) is 7.45. The molecule has 2 N–H and O–H groups in total. The summed E-state index contributed by atoms with van der Waals surface area (Å²) in [6, 6.07) is 7.55. The Bertz CT molecular complexity index is 592. The first-order chi connectivity index (χ1) is 7.59. The Morgan fingerprint density at radius 2 is 2.19 bits per heavy atom. The van der Waals surface area contributed by atoms with Crippen LogP contribution in [0.5, 0.6) is 0 Å². The highest BCUT2D eigenvalue weighted by atomic mass is 79.9. The first-order valence-corrected chi connectivity index (χ1v) is 5.49. The van der Waals surface area contributed by atoms with E-state index in [0.717, 1.165) is 11.3 Å². The molecule has 1 aromatic carbocycles. The van der Waals surface area contributed by atoms with Gasteiger partial charge in [-0.05, 0) is 40.5 Å². The van der Waals surface area contributed by atoms with Crippen LogP contribution in [0.4, 0.5) is 5.69 Å². The van der Waals surface area contributed by atoms with Gasteiger partial charge in [0.05, 0.1) is 17.6 Å².